The van der Waals surface area contributed by atoms with Gasteiger partial charge >= 0.3 is 0 Å². The lowest BCUT2D eigenvalue weighted by Gasteiger charge is -2.24. The first-order valence-electron chi connectivity index (χ1n) is 7.69. The fraction of sp³-hybridized carbons (Fsp3) is 0.444. The highest BCUT2D eigenvalue weighted by molar-refractivity contribution is 5.83. The van der Waals surface area contributed by atoms with Crippen molar-refractivity contribution >= 4 is 10.8 Å². The third-order valence-corrected chi connectivity index (χ3v) is 4.27. The molecule has 0 saturated heterocycles. The zero-order valence-electron chi connectivity index (χ0n) is 11.9. The van der Waals surface area contributed by atoms with Gasteiger partial charge in [-0.1, -0.05) is 55.7 Å². The van der Waals surface area contributed by atoms with Crippen molar-refractivity contribution in [2.75, 3.05) is 6.61 Å². The molecule has 0 aliphatic heterocycles. The molecule has 0 heterocycles. The summed E-state index contributed by atoms with van der Waals surface area (Å²) in [4.78, 5) is 0. The smallest absolute Gasteiger partial charge is 0.0663 e. The number of fused-ring (bicyclic) bond motifs is 1. The predicted octanol–water partition coefficient (Wildman–Crippen LogP) is 4.19. The van der Waals surface area contributed by atoms with E-state index >= 15 is 0 Å². The van der Waals surface area contributed by atoms with Crippen LogP contribution in [0.2, 0.25) is 0 Å². The molecule has 1 aliphatic carbocycles. The molecule has 1 atom stereocenters. The summed E-state index contributed by atoms with van der Waals surface area (Å²) in [7, 11) is 0. The van der Waals surface area contributed by atoms with Crippen LogP contribution in [0.25, 0.3) is 10.8 Å². The quantitative estimate of drug-likeness (QED) is 0.903. The summed E-state index contributed by atoms with van der Waals surface area (Å²) >= 11 is 0. The molecule has 0 aromatic heterocycles. The maximum Gasteiger partial charge on any atom is 0.0663 e. The van der Waals surface area contributed by atoms with Crippen LogP contribution in [0.3, 0.4) is 0 Å². The summed E-state index contributed by atoms with van der Waals surface area (Å²) in [5.74, 6) is 0. The van der Waals surface area contributed by atoms with Crippen molar-refractivity contribution in [2.45, 2.75) is 44.2 Å². The molecule has 0 bridgehead atoms. The Labute approximate surface area is 120 Å². The van der Waals surface area contributed by atoms with E-state index in [2.05, 4.69) is 42.5 Å². The molecule has 0 amide bonds. The Morgan fingerprint density at radius 3 is 2.55 bits per heavy atom. The third kappa shape index (κ3) is 3.20. The molecular formula is C18H23NO. The van der Waals surface area contributed by atoms with Gasteiger partial charge in [0.15, 0.2) is 0 Å². The monoisotopic (exact) mass is 269 g/mol. The van der Waals surface area contributed by atoms with Crippen LogP contribution in [0.1, 0.15) is 43.7 Å². The topological polar surface area (TPSA) is 35.2 Å². The van der Waals surface area contributed by atoms with Crippen LogP contribution in [0.15, 0.2) is 42.5 Å². The van der Waals surface area contributed by atoms with E-state index in [-0.39, 0.29) is 6.04 Å². The maximum atomic E-state index is 6.28. The van der Waals surface area contributed by atoms with Crippen LogP contribution in [-0.2, 0) is 4.74 Å². The molecule has 2 N–H and O–H groups in total. The first-order chi connectivity index (χ1) is 9.83. The van der Waals surface area contributed by atoms with Gasteiger partial charge in [-0.3, -0.25) is 0 Å². The number of benzene rings is 2. The first-order valence-corrected chi connectivity index (χ1v) is 7.69. The molecule has 0 spiro atoms. The molecule has 3 rings (SSSR count). The molecule has 106 valence electrons. The van der Waals surface area contributed by atoms with Crippen LogP contribution in [0, 0.1) is 0 Å². The molecule has 2 aromatic carbocycles. The zero-order chi connectivity index (χ0) is 13.8. The van der Waals surface area contributed by atoms with Crippen LogP contribution in [0.4, 0.5) is 0 Å². The Morgan fingerprint density at radius 1 is 1.00 bits per heavy atom. The highest BCUT2D eigenvalue weighted by atomic mass is 16.5. The van der Waals surface area contributed by atoms with Crippen molar-refractivity contribution < 1.29 is 4.74 Å². The lowest BCUT2D eigenvalue weighted by atomic mass is 9.97. The minimum atomic E-state index is -0.0264. The second-order valence-electron chi connectivity index (χ2n) is 5.81. The van der Waals surface area contributed by atoms with Gasteiger partial charge in [-0.05, 0) is 35.2 Å². The van der Waals surface area contributed by atoms with Gasteiger partial charge in [-0.15, -0.1) is 0 Å². The number of hydrogen-bond donors (Lipinski definition) is 1. The molecule has 2 nitrogen and oxygen atoms in total. The van der Waals surface area contributed by atoms with E-state index in [0.29, 0.717) is 12.7 Å². The predicted molar refractivity (Wildman–Crippen MR) is 83.7 cm³/mol. The second kappa shape index (κ2) is 6.38. The standard InChI is InChI=1S/C18H23NO/c19-18(13-20-17-8-2-1-3-9-17)16-11-10-14-6-4-5-7-15(14)12-16/h4-7,10-12,17-18H,1-3,8-9,13,19H2. The fourth-order valence-corrected chi connectivity index (χ4v) is 3.01. The van der Waals surface area contributed by atoms with Crippen molar-refractivity contribution in [3.63, 3.8) is 0 Å². The van der Waals surface area contributed by atoms with E-state index < -0.39 is 0 Å². The highest BCUT2D eigenvalue weighted by Crippen LogP contribution is 2.23. The molecular weight excluding hydrogens is 246 g/mol. The van der Waals surface area contributed by atoms with Gasteiger partial charge in [-0.2, -0.15) is 0 Å². The van der Waals surface area contributed by atoms with Crippen molar-refractivity contribution in [3.8, 4) is 0 Å². The third-order valence-electron chi connectivity index (χ3n) is 4.27. The van der Waals surface area contributed by atoms with Crippen LogP contribution in [-0.4, -0.2) is 12.7 Å². The molecule has 1 unspecified atom stereocenters. The molecule has 20 heavy (non-hydrogen) atoms. The molecule has 2 heteroatoms. The summed E-state index contributed by atoms with van der Waals surface area (Å²) in [5, 5.41) is 2.51. The second-order valence-corrected chi connectivity index (χ2v) is 5.81. The average molecular weight is 269 g/mol. The molecule has 0 radical (unpaired) electrons. The van der Waals surface area contributed by atoms with E-state index in [1.165, 1.54) is 48.4 Å². The minimum absolute atomic E-state index is 0.0264. The van der Waals surface area contributed by atoms with E-state index in [9.17, 15) is 0 Å². The van der Waals surface area contributed by atoms with Gasteiger partial charge in [-0.25, -0.2) is 0 Å². The average Bonchev–Trinajstić information content (AvgIpc) is 2.53. The normalized spacial score (nSPS) is 18.2. The number of ether oxygens (including phenoxy) is 1. The van der Waals surface area contributed by atoms with Gasteiger partial charge in [0, 0.05) is 0 Å². The minimum Gasteiger partial charge on any atom is -0.376 e. The Kier molecular flexibility index (Phi) is 4.34. The first kappa shape index (κ1) is 13.6. The fourth-order valence-electron chi connectivity index (χ4n) is 3.01. The van der Waals surface area contributed by atoms with E-state index in [0.717, 1.165) is 0 Å². The van der Waals surface area contributed by atoms with Gasteiger partial charge in [0.25, 0.3) is 0 Å². The molecule has 2 aromatic rings. The Morgan fingerprint density at radius 2 is 1.75 bits per heavy atom. The Bertz CT molecular complexity index is 560. The Balaban J connectivity index is 1.64. The largest absolute Gasteiger partial charge is 0.376 e. The van der Waals surface area contributed by atoms with Crippen molar-refractivity contribution in [1.29, 1.82) is 0 Å². The Hall–Kier alpha value is -1.38. The van der Waals surface area contributed by atoms with Crippen molar-refractivity contribution in [1.82, 2.24) is 0 Å². The van der Waals surface area contributed by atoms with Gasteiger partial charge in [0.05, 0.1) is 18.8 Å². The number of rotatable bonds is 4. The summed E-state index contributed by atoms with van der Waals surface area (Å²) in [6.45, 7) is 0.628. The maximum absolute atomic E-state index is 6.28. The van der Waals surface area contributed by atoms with E-state index in [1.807, 2.05) is 0 Å². The lowest BCUT2D eigenvalue weighted by molar-refractivity contribution is 0.0206. The van der Waals surface area contributed by atoms with Crippen LogP contribution in [0.5, 0.6) is 0 Å². The van der Waals surface area contributed by atoms with Crippen LogP contribution >= 0.6 is 0 Å². The van der Waals surface area contributed by atoms with Crippen molar-refractivity contribution in [2.24, 2.45) is 5.73 Å². The van der Waals surface area contributed by atoms with Crippen LogP contribution < -0.4 is 5.73 Å². The highest BCUT2D eigenvalue weighted by Gasteiger charge is 2.15. The molecule has 1 aliphatic rings. The van der Waals surface area contributed by atoms with E-state index in [4.69, 9.17) is 10.5 Å². The zero-order valence-corrected chi connectivity index (χ0v) is 11.9. The van der Waals surface area contributed by atoms with E-state index in [1.54, 1.807) is 0 Å². The summed E-state index contributed by atoms with van der Waals surface area (Å²) in [5.41, 5.74) is 7.44. The summed E-state index contributed by atoms with van der Waals surface area (Å²) < 4.78 is 5.99. The van der Waals surface area contributed by atoms with Crippen molar-refractivity contribution in [3.05, 3.63) is 48.0 Å². The SMILES string of the molecule is NC(COC1CCCCC1)c1ccc2ccccc2c1. The van der Waals surface area contributed by atoms with Gasteiger partial charge in [0.1, 0.15) is 0 Å². The number of nitrogens with two attached hydrogens (primary N) is 1. The molecule has 1 fully saturated rings. The summed E-state index contributed by atoms with van der Waals surface area (Å²) in [6.07, 6.45) is 6.78. The van der Waals surface area contributed by atoms with Gasteiger partial charge in [0.2, 0.25) is 0 Å². The molecule has 1 saturated carbocycles. The van der Waals surface area contributed by atoms with Gasteiger partial charge < -0.3 is 10.5 Å². The lowest BCUT2D eigenvalue weighted by Crippen LogP contribution is -2.23. The summed E-state index contributed by atoms with van der Waals surface area (Å²) in [6, 6.07) is 14.8. The number of hydrogen-bond acceptors (Lipinski definition) is 2.